The second-order valence-corrected chi connectivity index (χ2v) is 6.06. The van der Waals surface area contributed by atoms with Crippen molar-refractivity contribution in [3.05, 3.63) is 22.7 Å². The number of hydrogen-bond donors (Lipinski definition) is 1. The summed E-state index contributed by atoms with van der Waals surface area (Å²) in [5, 5.41) is 3.28. The molecule has 22 heavy (non-hydrogen) atoms. The number of carbonyl (C=O) groups excluding carboxylic acids is 1. The van der Waals surface area contributed by atoms with Crippen LogP contribution in [-0.4, -0.2) is 26.2 Å². The molecule has 1 N–H and O–H groups in total. The quantitative estimate of drug-likeness (QED) is 0.688. The molecule has 1 rings (SSSR count). The molecular weight excluding hydrogens is 302 g/mol. The summed E-state index contributed by atoms with van der Waals surface area (Å²) in [4.78, 5) is 12.1. The molecule has 0 bridgehead atoms. The molecule has 0 aliphatic rings. The summed E-state index contributed by atoms with van der Waals surface area (Å²) in [6, 6.07) is 3.28. The number of benzene rings is 1. The van der Waals surface area contributed by atoms with Crippen molar-refractivity contribution in [1.82, 2.24) is 5.32 Å². The first-order chi connectivity index (χ1) is 10.5. The monoisotopic (exact) mass is 327 g/mol. The minimum Gasteiger partial charge on any atom is -0.493 e. The number of rotatable bonds is 9. The molecule has 0 saturated carbocycles. The highest BCUT2D eigenvalue weighted by atomic mass is 35.5. The van der Waals surface area contributed by atoms with Crippen LogP contribution < -0.4 is 14.8 Å². The van der Waals surface area contributed by atoms with E-state index in [0.29, 0.717) is 41.2 Å². The molecule has 0 unspecified atom stereocenters. The Balaban J connectivity index is 2.81. The van der Waals surface area contributed by atoms with Crippen LogP contribution in [-0.2, 0) is 0 Å². The van der Waals surface area contributed by atoms with Crippen molar-refractivity contribution in [2.24, 2.45) is 5.92 Å². The number of ether oxygens (including phenoxy) is 2. The number of methoxy groups -OCH3 is 1. The smallest absolute Gasteiger partial charge is 0.251 e. The molecule has 0 radical (unpaired) electrons. The fourth-order valence-corrected chi connectivity index (χ4v) is 2.19. The lowest BCUT2D eigenvalue weighted by Crippen LogP contribution is -2.24. The van der Waals surface area contributed by atoms with Gasteiger partial charge in [0.1, 0.15) is 0 Å². The lowest BCUT2D eigenvalue weighted by atomic mass is 10.1. The van der Waals surface area contributed by atoms with Gasteiger partial charge in [-0.15, -0.1) is 0 Å². The van der Waals surface area contributed by atoms with Gasteiger partial charge in [-0.2, -0.15) is 0 Å². The molecule has 0 fully saturated rings. The number of hydrogen-bond acceptors (Lipinski definition) is 3. The van der Waals surface area contributed by atoms with E-state index in [0.717, 1.165) is 19.3 Å². The number of nitrogens with one attached hydrogen (secondary N) is 1. The van der Waals surface area contributed by atoms with Crippen LogP contribution in [0.5, 0.6) is 11.5 Å². The zero-order valence-corrected chi connectivity index (χ0v) is 14.6. The van der Waals surface area contributed by atoms with Crippen LogP contribution >= 0.6 is 11.6 Å². The van der Waals surface area contributed by atoms with Gasteiger partial charge in [0.2, 0.25) is 0 Å². The number of halogens is 1. The molecular formula is C17H26ClNO3. The Morgan fingerprint density at radius 1 is 1.32 bits per heavy atom. The molecule has 1 amide bonds. The summed E-state index contributed by atoms with van der Waals surface area (Å²) in [6.45, 7) is 7.44. The molecule has 0 aromatic heterocycles. The van der Waals surface area contributed by atoms with E-state index < -0.39 is 0 Å². The zero-order valence-electron chi connectivity index (χ0n) is 13.9. The van der Waals surface area contributed by atoms with Gasteiger partial charge in [0, 0.05) is 12.1 Å². The van der Waals surface area contributed by atoms with Crippen molar-refractivity contribution in [3.8, 4) is 11.5 Å². The van der Waals surface area contributed by atoms with Crippen LogP contribution in [0.3, 0.4) is 0 Å². The molecule has 0 saturated heterocycles. The lowest BCUT2D eigenvalue weighted by Gasteiger charge is -2.15. The average Bonchev–Trinajstić information content (AvgIpc) is 2.49. The Hall–Kier alpha value is -1.42. The molecule has 124 valence electrons. The number of amides is 1. The maximum absolute atomic E-state index is 12.1. The maximum atomic E-state index is 12.1. The number of unbranched alkanes of at least 4 members (excludes halogenated alkanes) is 2. The molecule has 1 aromatic carbocycles. The van der Waals surface area contributed by atoms with E-state index in [1.807, 2.05) is 0 Å². The van der Waals surface area contributed by atoms with Crippen LogP contribution in [0.1, 0.15) is 50.4 Å². The van der Waals surface area contributed by atoms with Crippen LogP contribution in [0, 0.1) is 5.92 Å². The van der Waals surface area contributed by atoms with Crippen molar-refractivity contribution in [2.45, 2.75) is 40.0 Å². The normalized spacial score (nSPS) is 10.6. The molecule has 0 aliphatic heterocycles. The molecule has 1 aromatic rings. The van der Waals surface area contributed by atoms with Gasteiger partial charge < -0.3 is 14.8 Å². The predicted octanol–water partition coefficient (Wildman–Crippen LogP) is 4.30. The van der Waals surface area contributed by atoms with Gasteiger partial charge >= 0.3 is 0 Å². The Bertz CT molecular complexity index is 489. The summed E-state index contributed by atoms with van der Waals surface area (Å²) in [7, 11) is 1.54. The molecule has 0 spiro atoms. The Morgan fingerprint density at radius 2 is 2.05 bits per heavy atom. The van der Waals surface area contributed by atoms with Gasteiger partial charge in [0.15, 0.2) is 11.5 Å². The van der Waals surface area contributed by atoms with Gasteiger partial charge in [-0.3, -0.25) is 4.79 Å². The predicted molar refractivity (Wildman–Crippen MR) is 90.2 cm³/mol. The van der Waals surface area contributed by atoms with Crippen molar-refractivity contribution < 1.29 is 14.3 Å². The molecule has 5 heteroatoms. The highest BCUT2D eigenvalue weighted by Crippen LogP contribution is 2.36. The minimum absolute atomic E-state index is 0.147. The Kier molecular flexibility index (Phi) is 8.10. The SMILES string of the molecule is CCCCCNC(=O)c1cc(Cl)c(OCC(C)C)c(OC)c1. The summed E-state index contributed by atoms with van der Waals surface area (Å²) < 4.78 is 11.0. The molecule has 0 atom stereocenters. The summed E-state index contributed by atoms with van der Waals surface area (Å²) in [5.74, 6) is 1.20. The van der Waals surface area contributed by atoms with Gasteiger partial charge in [-0.05, 0) is 24.5 Å². The lowest BCUT2D eigenvalue weighted by molar-refractivity contribution is 0.0952. The van der Waals surface area contributed by atoms with E-state index in [-0.39, 0.29) is 5.91 Å². The fraction of sp³-hybridized carbons (Fsp3) is 0.588. The molecule has 0 heterocycles. The third kappa shape index (κ3) is 5.76. The van der Waals surface area contributed by atoms with Crippen molar-refractivity contribution in [1.29, 1.82) is 0 Å². The average molecular weight is 328 g/mol. The first kappa shape index (κ1) is 18.6. The van der Waals surface area contributed by atoms with E-state index >= 15 is 0 Å². The Labute approximate surface area is 138 Å². The summed E-state index contributed by atoms with van der Waals surface area (Å²) in [6.07, 6.45) is 3.20. The van der Waals surface area contributed by atoms with Gasteiger partial charge in [-0.1, -0.05) is 45.2 Å². The standard InChI is InChI=1S/C17H26ClNO3/c1-5-6-7-8-19-17(20)13-9-14(18)16(15(10-13)21-4)22-11-12(2)3/h9-10,12H,5-8,11H2,1-4H3,(H,19,20). The first-order valence-electron chi connectivity index (χ1n) is 7.78. The highest BCUT2D eigenvalue weighted by Gasteiger charge is 2.16. The van der Waals surface area contributed by atoms with Crippen molar-refractivity contribution >= 4 is 17.5 Å². The van der Waals surface area contributed by atoms with Crippen LogP contribution in [0.15, 0.2) is 12.1 Å². The molecule has 0 aliphatic carbocycles. The van der Waals surface area contributed by atoms with Crippen molar-refractivity contribution in [3.63, 3.8) is 0 Å². The van der Waals surface area contributed by atoms with E-state index in [1.54, 1.807) is 12.1 Å². The first-order valence-corrected chi connectivity index (χ1v) is 8.15. The zero-order chi connectivity index (χ0) is 16.5. The van der Waals surface area contributed by atoms with Crippen LogP contribution in [0.4, 0.5) is 0 Å². The third-order valence-corrected chi connectivity index (χ3v) is 3.40. The third-order valence-electron chi connectivity index (χ3n) is 3.12. The topological polar surface area (TPSA) is 47.6 Å². The van der Waals surface area contributed by atoms with Crippen LogP contribution in [0.2, 0.25) is 5.02 Å². The fourth-order valence-electron chi connectivity index (χ4n) is 1.92. The van der Waals surface area contributed by atoms with Gasteiger partial charge in [0.25, 0.3) is 5.91 Å². The van der Waals surface area contributed by atoms with Gasteiger partial charge in [-0.25, -0.2) is 0 Å². The molecule has 4 nitrogen and oxygen atoms in total. The van der Waals surface area contributed by atoms with E-state index in [4.69, 9.17) is 21.1 Å². The highest BCUT2D eigenvalue weighted by molar-refractivity contribution is 6.32. The Morgan fingerprint density at radius 3 is 2.64 bits per heavy atom. The maximum Gasteiger partial charge on any atom is 0.251 e. The largest absolute Gasteiger partial charge is 0.493 e. The minimum atomic E-state index is -0.147. The van der Waals surface area contributed by atoms with Crippen LogP contribution in [0.25, 0.3) is 0 Å². The van der Waals surface area contributed by atoms with Crippen molar-refractivity contribution in [2.75, 3.05) is 20.3 Å². The second-order valence-electron chi connectivity index (χ2n) is 5.66. The van der Waals surface area contributed by atoms with Gasteiger partial charge in [0.05, 0.1) is 18.7 Å². The van der Waals surface area contributed by atoms with E-state index in [1.165, 1.54) is 7.11 Å². The summed E-state index contributed by atoms with van der Waals surface area (Å²) in [5.41, 5.74) is 0.482. The van der Waals surface area contributed by atoms with E-state index in [9.17, 15) is 4.79 Å². The van der Waals surface area contributed by atoms with E-state index in [2.05, 4.69) is 26.1 Å². The second kappa shape index (κ2) is 9.57. The summed E-state index contributed by atoms with van der Waals surface area (Å²) >= 11 is 6.24. The number of carbonyl (C=O) groups is 1.